The van der Waals surface area contributed by atoms with Gasteiger partial charge in [-0.2, -0.15) is 4.31 Å². The number of sulfonamides is 1. The molecule has 0 radical (unpaired) electrons. The highest BCUT2D eigenvalue weighted by Crippen LogP contribution is 2.32. The molecule has 7 nitrogen and oxygen atoms in total. The van der Waals surface area contributed by atoms with E-state index in [0.717, 1.165) is 45.5 Å². The summed E-state index contributed by atoms with van der Waals surface area (Å²) in [6.45, 7) is 5.24. The lowest BCUT2D eigenvalue weighted by Crippen LogP contribution is -2.48. The zero-order valence-electron chi connectivity index (χ0n) is 19.7. The number of amides is 1. The topological polar surface area (TPSA) is 73.8 Å². The van der Waals surface area contributed by atoms with E-state index in [4.69, 9.17) is 4.98 Å². The molecule has 1 amide bonds. The molecule has 10 heteroatoms. The second-order valence-electron chi connectivity index (χ2n) is 9.09. The van der Waals surface area contributed by atoms with E-state index in [9.17, 15) is 13.2 Å². The number of hydrogen-bond acceptors (Lipinski definition) is 6. The lowest BCUT2D eigenvalue weighted by Gasteiger charge is -2.35. The molecule has 0 saturated carbocycles. The van der Waals surface area contributed by atoms with Gasteiger partial charge >= 0.3 is 0 Å². The van der Waals surface area contributed by atoms with Gasteiger partial charge in [0.2, 0.25) is 10.0 Å². The number of aromatic nitrogens is 1. The maximum absolute atomic E-state index is 13.2. The monoisotopic (exact) mass is 576 g/mol. The summed E-state index contributed by atoms with van der Waals surface area (Å²) >= 11 is 5.17. The molecule has 1 aromatic heterocycles. The van der Waals surface area contributed by atoms with Crippen molar-refractivity contribution in [3.05, 3.63) is 52.5 Å². The standard InChI is InChI=1S/C25H29BrN4O3S2/c1-2-20-5-3-4-12-30(20)35(32,33)21-9-6-18(7-10-21)24(31)28-13-15-29(16-14-28)25-27-22-11-8-19(26)17-23(22)34-25/h6-11,17,20H,2-5,12-16H2,1H3. The van der Waals surface area contributed by atoms with Crippen LogP contribution in [0, 0.1) is 0 Å². The number of piperazine rings is 1. The van der Waals surface area contributed by atoms with Crippen LogP contribution in [0.3, 0.4) is 0 Å². The molecule has 0 N–H and O–H groups in total. The lowest BCUT2D eigenvalue weighted by atomic mass is 10.0. The number of halogens is 1. The van der Waals surface area contributed by atoms with Gasteiger partial charge in [0, 0.05) is 48.8 Å². The van der Waals surface area contributed by atoms with Crippen molar-refractivity contribution < 1.29 is 13.2 Å². The van der Waals surface area contributed by atoms with E-state index in [1.54, 1.807) is 39.9 Å². The molecule has 2 fully saturated rings. The third kappa shape index (κ3) is 4.98. The van der Waals surface area contributed by atoms with Crippen LogP contribution in [-0.2, 0) is 10.0 Å². The number of thiazole rings is 1. The summed E-state index contributed by atoms with van der Waals surface area (Å²) < 4.78 is 30.2. The van der Waals surface area contributed by atoms with Crippen LogP contribution in [0.5, 0.6) is 0 Å². The number of benzene rings is 2. The summed E-state index contributed by atoms with van der Waals surface area (Å²) in [5.41, 5.74) is 1.50. The zero-order valence-corrected chi connectivity index (χ0v) is 22.9. The highest BCUT2D eigenvalue weighted by atomic mass is 79.9. The Kier molecular flexibility index (Phi) is 7.16. The average molecular weight is 578 g/mol. The van der Waals surface area contributed by atoms with E-state index in [2.05, 4.69) is 26.9 Å². The Balaban J connectivity index is 1.24. The second kappa shape index (κ2) is 10.2. The maximum atomic E-state index is 13.2. The van der Waals surface area contributed by atoms with Crippen molar-refractivity contribution in [2.75, 3.05) is 37.6 Å². The predicted octanol–water partition coefficient (Wildman–Crippen LogP) is 4.97. The summed E-state index contributed by atoms with van der Waals surface area (Å²) in [5.74, 6) is -0.0637. The van der Waals surface area contributed by atoms with Crippen LogP contribution < -0.4 is 4.90 Å². The number of rotatable bonds is 5. The second-order valence-corrected chi connectivity index (χ2v) is 12.9. The quantitative estimate of drug-likeness (QED) is 0.428. The Morgan fingerprint density at radius 3 is 2.51 bits per heavy atom. The molecule has 2 aliphatic rings. The Morgan fingerprint density at radius 1 is 1.06 bits per heavy atom. The number of anilines is 1. The minimum atomic E-state index is -3.55. The molecule has 2 aromatic carbocycles. The van der Waals surface area contributed by atoms with Gasteiger partial charge in [-0.3, -0.25) is 4.79 Å². The number of nitrogens with zero attached hydrogens (tertiary/aromatic N) is 4. The highest BCUT2D eigenvalue weighted by Gasteiger charge is 2.32. The van der Waals surface area contributed by atoms with Gasteiger partial charge in [-0.1, -0.05) is 40.6 Å². The van der Waals surface area contributed by atoms with Crippen LogP contribution in [0.2, 0.25) is 0 Å². The predicted molar refractivity (Wildman–Crippen MR) is 144 cm³/mol. The van der Waals surface area contributed by atoms with Gasteiger partial charge < -0.3 is 9.80 Å². The SMILES string of the molecule is CCC1CCCCN1S(=O)(=O)c1ccc(C(=O)N2CCN(c3nc4ccc(Br)cc4s3)CC2)cc1. The van der Waals surface area contributed by atoms with E-state index in [1.165, 1.54) is 0 Å². The fraction of sp³-hybridized carbons (Fsp3) is 0.440. The Labute approximate surface area is 218 Å². The molecule has 186 valence electrons. The molecular formula is C25H29BrN4O3S2. The van der Waals surface area contributed by atoms with Crippen molar-refractivity contribution in [2.45, 2.75) is 43.5 Å². The fourth-order valence-electron chi connectivity index (χ4n) is 4.91. The first-order valence-corrected chi connectivity index (χ1v) is 15.1. The van der Waals surface area contributed by atoms with Crippen molar-refractivity contribution in [3.8, 4) is 0 Å². The first-order valence-electron chi connectivity index (χ1n) is 12.1. The highest BCUT2D eigenvalue weighted by molar-refractivity contribution is 9.10. The fourth-order valence-corrected chi connectivity index (χ4v) is 8.24. The van der Waals surface area contributed by atoms with Crippen LogP contribution >= 0.6 is 27.3 Å². The van der Waals surface area contributed by atoms with Gasteiger partial charge in [0.15, 0.2) is 5.13 Å². The summed E-state index contributed by atoms with van der Waals surface area (Å²) in [7, 11) is -3.55. The van der Waals surface area contributed by atoms with Crippen molar-refractivity contribution in [3.63, 3.8) is 0 Å². The molecule has 2 aliphatic heterocycles. The van der Waals surface area contributed by atoms with Crippen LogP contribution in [0.1, 0.15) is 43.0 Å². The zero-order chi connectivity index (χ0) is 24.6. The molecular weight excluding hydrogens is 548 g/mol. The maximum Gasteiger partial charge on any atom is 0.253 e. The van der Waals surface area contributed by atoms with E-state index < -0.39 is 10.0 Å². The molecule has 35 heavy (non-hydrogen) atoms. The van der Waals surface area contributed by atoms with Crippen molar-refractivity contribution in [1.29, 1.82) is 0 Å². The molecule has 0 spiro atoms. The van der Waals surface area contributed by atoms with Crippen LogP contribution in [0.25, 0.3) is 10.2 Å². The van der Waals surface area contributed by atoms with Gasteiger partial charge in [0.05, 0.1) is 15.1 Å². The molecule has 1 atom stereocenters. The van der Waals surface area contributed by atoms with Gasteiger partial charge in [0.25, 0.3) is 5.91 Å². The summed E-state index contributed by atoms with van der Waals surface area (Å²) in [6.07, 6.45) is 3.69. The van der Waals surface area contributed by atoms with Crippen LogP contribution in [-0.4, -0.2) is 67.3 Å². The molecule has 2 saturated heterocycles. The van der Waals surface area contributed by atoms with Gasteiger partial charge in [-0.15, -0.1) is 0 Å². The van der Waals surface area contributed by atoms with E-state index >= 15 is 0 Å². The minimum Gasteiger partial charge on any atom is -0.345 e. The Hall–Kier alpha value is -2.01. The minimum absolute atomic E-state index is 0.0586. The van der Waals surface area contributed by atoms with E-state index in [0.29, 0.717) is 38.3 Å². The first kappa shape index (κ1) is 24.7. The molecule has 3 aromatic rings. The molecule has 0 aliphatic carbocycles. The summed E-state index contributed by atoms with van der Waals surface area (Å²) in [5, 5.41) is 0.975. The van der Waals surface area contributed by atoms with Crippen molar-refractivity contribution in [2.24, 2.45) is 0 Å². The Bertz CT molecular complexity index is 1320. The van der Waals surface area contributed by atoms with Crippen LogP contribution in [0.4, 0.5) is 5.13 Å². The number of fused-ring (bicyclic) bond motifs is 1. The molecule has 0 bridgehead atoms. The number of piperidine rings is 1. The van der Waals surface area contributed by atoms with Gasteiger partial charge in [-0.05, 0) is 61.7 Å². The van der Waals surface area contributed by atoms with E-state index in [-0.39, 0.29) is 16.8 Å². The molecule has 1 unspecified atom stereocenters. The van der Waals surface area contributed by atoms with E-state index in [1.807, 2.05) is 24.0 Å². The number of hydrogen-bond donors (Lipinski definition) is 0. The summed E-state index contributed by atoms with van der Waals surface area (Å²) in [6, 6.07) is 12.6. The van der Waals surface area contributed by atoms with Crippen molar-refractivity contribution >= 4 is 58.5 Å². The van der Waals surface area contributed by atoms with Crippen LogP contribution in [0.15, 0.2) is 51.8 Å². The molecule has 3 heterocycles. The molecule has 5 rings (SSSR count). The lowest BCUT2D eigenvalue weighted by molar-refractivity contribution is 0.0746. The third-order valence-corrected chi connectivity index (χ3v) is 10.5. The van der Waals surface area contributed by atoms with Gasteiger partial charge in [-0.25, -0.2) is 13.4 Å². The third-order valence-electron chi connectivity index (χ3n) is 6.93. The Morgan fingerprint density at radius 2 is 1.80 bits per heavy atom. The first-order chi connectivity index (χ1) is 16.9. The van der Waals surface area contributed by atoms with Gasteiger partial charge in [0.1, 0.15) is 0 Å². The van der Waals surface area contributed by atoms with Crippen molar-refractivity contribution in [1.82, 2.24) is 14.2 Å². The normalized spacial score (nSPS) is 19.9. The average Bonchev–Trinajstić information content (AvgIpc) is 3.31. The summed E-state index contributed by atoms with van der Waals surface area (Å²) in [4.78, 5) is 22.2. The number of carbonyl (C=O) groups excluding carboxylic acids is 1. The number of carbonyl (C=O) groups is 1. The smallest absolute Gasteiger partial charge is 0.253 e. The largest absolute Gasteiger partial charge is 0.345 e.